The molecule has 0 aliphatic heterocycles. The standard InChI is InChI=1S/C9H10N2O4S2/c1-5-6(2)16-9(7(5)3-10)11-17(14,15)4-8(12)13/h11H,4H2,1-2H3,(H,12,13). The smallest absolute Gasteiger partial charge is 0.320 e. The van der Waals surface area contributed by atoms with Crippen molar-refractivity contribution in [2.75, 3.05) is 10.5 Å². The minimum absolute atomic E-state index is 0.170. The maximum Gasteiger partial charge on any atom is 0.320 e. The zero-order valence-electron chi connectivity index (χ0n) is 9.14. The van der Waals surface area contributed by atoms with Crippen LogP contribution in [0.1, 0.15) is 16.0 Å². The van der Waals surface area contributed by atoms with Crippen molar-refractivity contribution in [2.45, 2.75) is 13.8 Å². The van der Waals surface area contributed by atoms with Gasteiger partial charge in [0.25, 0.3) is 0 Å². The van der Waals surface area contributed by atoms with Gasteiger partial charge in [0.05, 0.1) is 5.56 Å². The number of carboxylic acids is 1. The highest BCUT2D eigenvalue weighted by Crippen LogP contribution is 2.32. The lowest BCUT2D eigenvalue weighted by molar-refractivity contribution is -0.134. The molecule has 1 heterocycles. The Balaban J connectivity index is 3.09. The largest absolute Gasteiger partial charge is 0.480 e. The summed E-state index contributed by atoms with van der Waals surface area (Å²) >= 11 is 1.11. The summed E-state index contributed by atoms with van der Waals surface area (Å²) in [6.07, 6.45) is 0. The van der Waals surface area contributed by atoms with Crippen LogP contribution in [-0.4, -0.2) is 25.2 Å². The van der Waals surface area contributed by atoms with Gasteiger partial charge in [-0.05, 0) is 19.4 Å². The average molecular weight is 274 g/mol. The first-order valence-electron chi connectivity index (χ1n) is 4.49. The summed E-state index contributed by atoms with van der Waals surface area (Å²) in [6, 6.07) is 1.90. The molecule has 0 fully saturated rings. The molecule has 0 aromatic carbocycles. The van der Waals surface area contributed by atoms with Crippen LogP contribution in [0.4, 0.5) is 5.00 Å². The average Bonchev–Trinajstić information content (AvgIpc) is 2.38. The van der Waals surface area contributed by atoms with Gasteiger partial charge >= 0.3 is 5.97 Å². The predicted octanol–water partition coefficient (Wildman–Crippen LogP) is 1.06. The van der Waals surface area contributed by atoms with Crippen molar-refractivity contribution in [1.82, 2.24) is 0 Å². The van der Waals surface area contributed by atoms with Gasteiger partial charge in [-0.25, -0.2) is 8.42 Å². The van der Waals surface area contributed by atoms with Crippen LogP contribution >= 0.6 is 11.3 Å². The Labute approximate surface area is 103 Å². The molecule has 1 rings (SSSR count). The Morgan fingerprint density at radius 3 is 2.59 bits per heavy atom. The van der Waals surface area contributed by atoms with Crippen LogP contribution in [0.15, 0.2) is 0 Å². The number of nitriles is 1. The SMILES string of the molecule is Cc1sc(NS(=O)(=O)CC(=O)O)c(C#N)c1C. The van der Waals surface area contributed by atoms with Crippen molar-refractivity contribution in [3.63, 3.8) is 0 Å². The van der Waals surface area contributed by atoms with Crippen LogP contribution in [-0.2, 0) is 14.8 Å². The van der Waals surface area contributed by atoms with Gasteiger partial charge in [0, 0.05) is 4.88 Å². The number of nitrogens with zero attached hydrogens (tertiary/aromatic N) is 1. The Bertz CT molecular complexity index is 595. The molecular formula is C9H10N2O4S2. The van der Waals surface area contributed by atoms with E-state index in [1.54, 1.807) is 13.8 Å². The van der Waals surface area contributed by atoms with Crippen molar-refractivity contribution in [2.24, 2.45) is 0 Å². The molecule has 0 unspecified atom stereocenters. The van der Waals surface area contributed by atoms with Gasteiger partial charge in [0.1, 0.15) is 11.1 Å². The summed E-state index contributed by atoms with van der Waals surface area (Å²) in [5.41, 5.74) is 0.937. The molecule has 0 saturated carbocycles. The van der Waals surface area contributed by atoms with E-state index in [9.17, 15) is 13.2 Å². The van der Waals surface area contributed by atoms with E-state index in [4.69, 9.17) is 10.4 Å². The molecule has 0 spiro atoms. The fourth-order valence-corrected chi connectivity index (χ4v) is 3.36. The molecule has 0 radical (unpaired) electrons. The number of carbonyl (C=O) groups is 1. The van der Waals surface area contributed by atoms with Crippen LogP contribution in [0.2, 0.25) is 0 Å². The molecule has 0 aliphatic carbocycles. The molecule has 1 aromatic rings. The number of thiophene rings is 1. The molecular weight excluding hydrogens is 264 g/mol. The number of anilines is 1. The molecule has 6 nitrogen and oxygen atoms in total. The van der Waals surface area contributed by atoms with Crippen LogP contribution < -0.4 is 4.72 Å². The summed E-state index contributed by atoms with van der Waals surface area (Å²) in [5, 5.41) is 17.5. The van der Waals surface area contributed by atoms with E-state index in [0.717, 1.165) is 16.2 Å². The quantitative estimate of drug-likeness (QED) is 0.853. The topological polar surface area (TPSA) is 107 Å². The number of aliphatic carboxylic acids is 1. The van der Waals surface area contributed by atoms with E-state index >= 15 is 0 Å². The Morgan fingerprint density at radius 2 is 2.12 bits per heavy atom. The third-order valence-corrected chi connectivity index (χ3v) is 4.45. The number of aryl methyl sites for hydroxylation is 1. The van der Waals surface area contributed by atoms with Crippen molar-refractivity contribution in [1.29, 1.82) is 5.26 Å². The molecule has 2 N–H and O–H groups in total. The minimum atomic E-state index is -3.96. The number of rotatable bonds is 4. The third kappa shape index (κ3) is 3.18. The maximum absolute atomic E-state index is 11.4. The van der Waals surface area contributed by atoms with Crippen LogP contribution in [0.5, 0.6) is 0 Å². The first-order chi connectivity index (χ1) is 7.76. The van der Waals surface area contributed by atoms with Gasteiger partial charge < -0.3 is 5.11 Å². The number of carboxylic acid groups (broad SMARTS) is 1. The van der Waals surface area contributed by atoms with Crippen molar-refractivity contribution >= 4 is 32.3 Å². The number of sulfonamides is 1. The fraction of sp³-hybridized carbons (Fsp3) is 0.333. The highest BCUT2D eigenvalue weighted by Gasteiger charge is 2.20. The minimum Gasteiger partial charge on any atom is -0.480 e. The maximum atomic E-state index is 11.4. The van der Waals surface area contributed by atoms with Gasteiger partial charge in [-0.3, -0.25) is 9.52 Å². The lowest BCUT2D eigenvalue weighted by Gasteiger charge is -2.03. The Hall–Kier alpha value is -1.59. The second kappa shape index (κ2) is 4.73. The second-order valence-corrected chi connectivity index (χ2v) is 6.30. The molecule has 0 amide bonds. The first-order valence-corrected chi connectivity index (χ1v) is 6.96. The molecule has 1 aromatic heterocycles. The van der Waals surface area contributed by atoms with Crippen molar-refractivity contribution in [3.05, 3.63) is 16.0 Å². The van der Waals surface area contributed by atoms with Crippen LogP contribution in [0.3, 0.4) is 0 Å². The van der Waals surface area contributed by atoms with E-state index in [1.165, 1.54) is 0 Å². The van der Waals surface area contributed by atoms with Gasteiger partial charge in [-0.1, -0.05) is 0 Å². The number of hydrogen-bond donors (Lipinski definition) is 2. The van der Waals surface area contributed by atoms with Gasteiger partial charge in [0.2, 0.25) is 10.0 Å². The van der Waals surface area contributed by atoms with Crippen molar-refractivity contribution < 1.29 is 18.3 Å². The van der Waals surface area contributed by atoms with E-state index in [0.29, 0.717) is 5.56 Å². The highest BCUT2D eigenvalue weighted by molar-refractivity contribution is 7.93. The highest BCUT2D eigenvalue weighted by atomic mass is 32.2. The van der Waals surface area contributed by atoms with Crippen molar-refractivity contribution in [3.8, 4) is 6.07 Å². The number of nitrogens with one attached hydrogen (secondary N) is 1. The van der Waals surface area contributed by atoms with E-state index < -0.39 is 21.7 Å². The van der Waals surface area contributed by atoms with Gasteiger partial charge in [-0.15, -0.1) is 11.3 Å². The summed E-state index contributed by atoms with van der Waals surface area (Å²) < 4.78 is 24.9. The van der Waals surface area contributed by atoms with Crippen LogP contribution in [0, 0.1) is 25.2 Å². The Kier molecular flexibility index (Phi) is 3.75. The van der Waals surface area contributed by atoms with E-state index in [1.807, 2.05) is 6.07 Å². The van der Waals surface area contributed by atoms with E-state index in [2.05, 4.69) is 4.72 Å². The lowest BCUT2D eigenvalue weighted by Crippen LogP contribution is -2.22. The zero-order chi connectivity index (χ0) is 13.2. The molecule has 0 saturated heterocycles. The molecule has 0 bridgehead atoms. The molecule has 17 heavy (non-hydrogen) atoms. The first kappa shape index (κ1) is 13.5. The second-order valence-electron chi connectivity index (χ2n) is 3.35. The summed E-state index contributed by atoms with van der Waals surface area (Å²) in [7, 11) is -3.96. The lowest BCUT2D eigenvalue weighted by atomic mass is 10.2. The zero-order valence-corrected chi connectivity index (χ0v) is 10.8. The molecule has 0 aliphatic rings. The molecule has 0 atom stereocenters. The van der Waals surface area contributed by atoms with Gasteiger partial charge in [-0.2, -0.15) is 5.26 Å². The summed E-state index contributed by atoms with van der Waals surface area (Å²) in [4.78, 5) is 11.2. The number of hydrogen-bond acceptors (Lipinski definition) is 5. The predicted molar refractivity (Wildman–Crippen MR) is 63.6 cm³/mol. The van der Waals surface area contributed by atoms with Crippen LogP contribution in [0.25, 0.3) is 0 Å². The monoisotopic (exact) mass is 274 g/mol. The molecule has 92 valence electrons. The Morgan fingerprint density at radius 1 is 1.53 bits per heavy atom. The third-order valence-electron chi connectivity index (χ3n) is 2.06. The van der Waals surface area contributed by atoms with Gasteiger partial charge in [0.15, 0.2) is 5.75 Å². The normalized spacial score (nSPS) is 10.9. The summed E-state index contributed by atoms with van der Waals surface area (Å²) in [5.74, 6) is -2.46. The summed E-state index contributed by atoms with van der Waals surface area (Å²) in [6.45, 7) is 3.47. The fourth-order valence-electron chi connectivity index (χ4n) is 1.17. The molecule has 8 heteroatoms. The van der Waals surface area contributed by atoms with E-state index in [-0.39, 0.29) is 10.6 Å².